The third kappa shape index (κ3) is 1.63. The Hall–Kier alpha value is -1.15. The number of halogens is 4. The highest BCUT2D eigenvalue weighted by Crippen LogP contribution is 2.54. The van der Waals surface area contributed by atoms with Crippen molar-refractivity contribution >= 4 is 9.84 Å². The first-order valence-electron chi connectivity index (χ1n) is 4.80. The second-order valence-electron chi connectivity index (χ2n) is 4.08. The molecule has 1 aliphatic rings. The monoisotopic (exact) mass is 284 g/mol. The molecule has 18 heavy (non-hydrogen) atoms. The van der Waals surface area contributed by atoms with Gasteiger partial charge >= 0.3 is 5.92 Å². The van der Waals surface area contributed by atoms with Crippen molar-refractivity contribution in [2.45, 2.75) is 23.1 Å². The zero-order valence-corrected chi connectivity index (χ0v) is 9.81. The average molecular weight is 284 g/mol. The fraction of sp³-hybridized carbons (Fsp3) is 0.400. The predicted octanol–water partition coefficient (Wildman–Crippen LogP) is 1.92. The van der Waals surface area contributed by atoms with Crippen LogP contribution in [-0.4, -0.2) is 25.7 Å². The summed E-state index contributed by atoms with van der Waals surface area (Å²) < 4.78 is 76.1. The first-order chi connectivity index (χ1) is 8.08. The highest BCUT2D eigenvalue weighted by molar-refractivity contribution is 7.90. The maximum atomic E-state index is 13.4. The molecular formula is C10H8F4O3S. The van der Waals surface area contributed by atoms with E-state index in [-0.39, 0.29) is 0 Å². The highest BCUT2D eigenvalue weighted by Gasteiger charge is 2.58. The standard InChI is InChI=1S/C10H8F4O3S/c1-18(16,17)5-3-2-4(11)6-7(5)9(15)10(13,14)8(6)12/h2-3,8-9,15H,1H3. The highest BCUT2D eigenvalue weighted by atomic mass is 32.2. The van der Waals surface area contributed by atoms with Gasteiger partial charge in [0.25, 0.3) is 0 Å². The lowest BCUT2D eigenvalue weighted by Gasteiger charge is -2.16. The molecule has 2 rings (SSSR count). The van der Waals surface area contributed by atoms with Crippen molar-refractivity contribution in [3.63, 3.8) is 0 Å². The number of fused-ring (bicyclic) bond motifs is 1. The third-order valence-electron chi connectivity index (χ3n) is 2.82. The number of rotatable bonds is 1. The zero-order chi connectivity index (χ0) is 13.9. The Kier molecular flexibility index (Phi) is 2.71. The number of hydrogen-bond donors (Lipinski definition) is 1. The number of benzene rings is 1. The summed E-state index contributed by atoms with van der Waals surface area (Å²) >= 11 is 0. The number of aliphatic hydroxyl groups excluding tert-OH is 1. The lowest BCUT2D eigenvalue weighted by molar-refractivity contribution is -0.144. The second kappa shape index (κ2) is 3.67. The molecule has 1 aromatic rings. The molecule has 0 radical (unpaired) electrons. The first kappa shape index (κ1) is 13.3. The molecule has 3 nitrogen and oxygen atoms in total. The van der Waals surface area contributed by atoms with Crippen LogP contribution in [0.3, 0.4) is 0 Å². The van der Waals surface area contributed by atoms with E-state index in [4.69, 9.17) is 0 Å². The molecule has 0 fully saturated rings. The number of aliphatic hydroxyl groups is 1. The van der Waals surface area contributed by atoms with Crippen LogP contribution in [0.15, 0.2) is 17.0 Å². The molecule has 1 aliphatic carbocycles. The molecule has 0 amide bonds. The zero-order valence-electron chi connectivity index (χ0n) is 8.99. The average Bonchev–Trinajstić information content (AvgIpc) is 2.40. The van der Waals surface area contributed by atoms with E-state index in [9.17, 15) is 31.1 Å². The summed E-state index contributed by atoms with van der Waals surface area (Å²) in [6.07, 6.45) is -5.04. The molecule has 0 bridgehead atoms. The Morgan fingerprint density at radius 3 is 2.33 bits per heavy atom. The molecule has 1 N–H and O–H groups in total. The van der Waals surface area contributed by atoms with Crippen LogP contribution in [0.4, 0.5) is 17.6 Å². The van der Waals surface area contributed by atoms with Gasteiger partial charge in [0.05, 0.1) is 4.90 Å². The van der Waals surface area contributed by atoms with Gasteiger partial charge in [-0.25, -0.2) is 17.2 Å². The first-order valence-corrected chi connectivity index (χ1v) is 6.70. The van der Waals surface area contributed by atoms with Crippen molar-refractivity contribution in [1.82, 2.24) is 0 Å². The van der Waals surface area contributed by atoms with Gasteiger partial charge in [-0.05, 0) is 12.1 Å². The lowest BCUT2D eigenvalue weighted by Crippen LogP contribution is -2.24. The van der Waals surface area contributed by atoms with Crippen molar-refractivity contribution in [2.24, 2.45) is 0 Å². The van der Waals surface area contributed by atoms with Crippen LogP contribution in [0.5, 0.6) is 0 Å². The van der Waals surface area contributed by atoms with Gasteiger partial charge in [0.1, 0.15) is 11.9 Å². The van der Waals surface area contributed by atoms with Crippen molar-refractivity contribution in [2.75, 3.05) is 6.26 Å². The summed E-state index contributed by atoms with van der Waals surface area (Å²) in [7, 11) is -3.98. The van der Waals surface area contributed by atoms with Crippen molar-refractivity contribution in [3.8, 4) is 0 Å². The van der Waals surface area contributed by atoms with Gasteiger partial charge < -0.3 is 5.11 Å². The van der Waals surface area contributed by atoms with Crippen molar-refractivity contribution in [3.05, 3.63) is 29.1 Å². The molecule has 2 atom stereocenters. The molecule has 1 aromatic carbocycles. The Morgan fingerprint density at radius 2 is 1.83 bits per heavy atom. The molecule has 100 valence electrons. The fourth-order valence-corrected chi connectivity index (χ4v) is 2.91. The van der Waals surface area contributed by atoms with Crippen LogP contribution < -0.4 is 0 Å². The quantitative estimate of drug-likeness (QED) is 0.633. The Labute approximate surface area is 100.0 Å². The lowest BCUT2D eigenvalue weighted by atomic mass is 10.1. The topological polar surface area (TPSA) is 54.4 Å². The van der Waals surface area contributed by atoms with Crippen molar-refractivity contribution in [1.29, 1.82) is 0 Å². The van der Waals surface area contributed by atoms with Gasteiger partial charge in [-0.2, -0.15) is 8.78 Å². The van der Waals surface area contributed by atoms with Crippen LogP contribution in [0.25, 0.3) is 0 Å². The Bertz CT molecular complexity index is 612. The minimum Gasteiger partial charge on any atom is -0.382 e. The van der Waals surface area contributed by atoms with E-state index in [1.54, 1.807) is 0 Å². The van der Waals surface area contributed by atoms with Gasteiger partial charge in [-0.15, -0.1) is 0 Å². The SMILES string of the molecule is CS(=O)(=O)c1ccc(F)c2c1C(O)C(F)(F)C2F. The number of hydrogen-bond acceptors (Lipinski definition) is 3. The summed E-state index contributed by atoms with van der Waals surface area (Å²) in [5.41, 5.74) is -1.98. The molecule has 0 aromatic heterocycles. The minimum absolute atomic E-state index is 0.593. The van der Waals surface area contributed by atoms with Gasteiger partial charge in [-0.3, -0.25) is 0 Å². The Morgan fingerprint density at radius 1 is 1.28 bits per heavy atom. The van der Waals surface area contributed by atoms with E-state index >= 15 is 0 Å². The largest absolute Gasteiger partial charge is 0.382 e. The van der Waals surface area contributed by atoms with E-state index in [1.807, 2.05) is 0 Å². The second-order valence-corrected chi connectivity index (χ2v) is 6.07. The molecule has 0 aliphatic heterocycles. The predicted molar refractivity (Wildman–Crippen MR) is 53.3 cm³/mol. The maximum Gasteiger partial charge on any atom is 0.312 e. The van der Waals surface area contributed by atoms with Gasteiger partial charge in [0, 0.05) is 17.4 Å². The van der Waals surface area contributed by atoms with E-state index in [1.165, 1.54) is 0 Å². The normalized spacial score (nSPS) is 26.1. The fourth-order valence-electron chi connectivity index (χ4n) is 1.98. The minimum atomic E-state index is -4.25. The van der Waals surface area contributed by atoms with Gasteiger partial charge in [0.2, 0.25) is 0 Å². The summed E-state index contributed by atoms with van der Waals surface area (Å²) in [5.74, 6) is -5.55. The molecule has 8 heteroatoms. The maximum absolute atomic E-state index is 13.4. The number of alkyl halides is 3. The third-order valence-corrected chi connectivity index (χ3v) is 3.98. The Balaban J connectivity index is 2.84. The molecule has 0 heterocycles. The summed E-state index contributed by atoms with van der Waals surface area (Å²) in [6.45, 7) is 0. The van der Waals surface area contributed by atoms with Crippen molar-refractivity contribution < 1.29 is 31.1 Å². The molecule has 0 spiro atoms. The molecule has 2 unspecified atom stereocenters. The van der Waals surface area contributed by atoms with Crippen LogP contribution in [0.1, 0.15) is 23.4 Å². The molecular weight excluding hydrogens is 276 g/mol. The van der Waals surface area contributed by atoms with E-state index in [0.29, 0.717) is 12.3 Å². The number of sulfone groups is 1. The van der Waals surface area contributed by atoms with Crippen LogP contribution in [-0.2, 0) is 9.84 Å². The van der Waals surface area contributed by atoms with Crippen LogP contribution in [0, 0.1) is 5.82 Å². The smallest absolute Gasteiger partial charge is 0.312 e. The van der Waals surface area contributed by atoms with Gasteiger partial charge in [-0.1, -0.05) is 0 Å². The van der Waals surface area contributed by atoms with E-state index in [0.717, 1.165) is 6.07 Å². The summed E-state index contributed by atoms with van der Waals surface area (Å²) in [5, 5.41) is 9.33. The van der Waals surface area contributed by atoms with Gasteiger partial charge in [0.15, 0.2) is 16.0 Å². The van der Waals surface area contributed by atoms with E-state index in [2.05, 4.69) is 0 Å². The molecule has 0 saturated carbocycles. The van der Waals surface area contributed by atoms with E-state index < -0.39 is 49.9 Å². The van der Waals surface area contributed by atoms with Crippen LogP contribution in [0.2, 0.25) is 0 Å². The van der Waals surface area contributed by atoms with Crippen LogP contribution >= 0.6 is 0 Å². The molecule has 0 saturated heterocycles. The summed E-state index contributed by atoms with van der Waals surface area (Å²) in [4.78, 5) is -0.689. The summed E-state index contributed by atoms with van der Waals surface area (Å²) in [6, 6.07) is 1.33.